The highest BCUT2D eigenvalue weighted by Gasteiger charge is 2.53. The molecule has 3 aliphatic heterocycles. The molecule has 36 heavy (non-hydrogen) atoms. The molecule has 1 N–H and O–H groups in total. The van der Waals surface area contributed by atoms with E-state index in [1.54, 1.807) is 24.3 Å². The first-order chi connectivity index (χ1) is 17.0. The summed E-state index contributed by atoms with van der Waals surface area (Å²) in [5.41, 5.74) is 2.99. The van der Waals surface area contributed by atoms with E-state index in [9.17, 15) is 14.7 Å². The molecule has 1 aliphatic carbocycles. The van der Waals surface area contributed by atoms with E-state index in [0.29, 0.717) is 49.3 Å². The van der Waals surface area contributed by atoms with Gasteiger partial charge in [0.05, 0.1) is 29.3 Å². The first-order valence-corrected chi connectivity index (χ1v) is 12.3. The molecule has 3 heterocycles. The monoisotopic (exact) mass is 552 g/mol. The summed E-state index contributed by atoms with van der Waals surface area (Å²) in [6.45, 7) is 1.74. The van der Waals surface area contributed by atoms with E-state index in [1.165, 1.54) is 4.90 Å². The molecular weight excluding hydrogens is 524 g/mol. The topological polar surface area (TPSA) is 79.1 Å². The molecule has 2 aromatic carbocycles. The maximum atomic E-state index is 12.5. The lowest BCUT2D eigenvalue weighted by molar-refractivity contribution is -0.493. The highest BCUT2D eigenvalue weighted by Crippen LogP contribution is 2.54. The van der Waals surface area contributed by atoms with Gasteiger partial charge in [-0.15, -0.1) is 0 Å². The van der Waals surface area contributed by atoms with Gasteiger partial charge in [0, 0.05) is 30.5 Å². The van der Waals surface area contributed by atoms with Crippen molar-refractivity contribution < 1.29 is 45.7 Å². The van der Waals surface area contributed by atoms with Gasteiger partial charge in [0.2, 0.25) is 0 Å². The molecule has 0 radical (unpaired) electrons. The molecule has 0 saturated heterocycles. The quantitative estimate of drug-likeness (QED) is 0.235. The third-order valence-corrected chi connectivity index (χ3v) is 7.67. The third kappa shape index (κ3) is 3.87. The van der Waals surface area contributed by atoms with Gasteiger partial charge in [0.1, 0.15) is 19.7 Å². The largest absolute Gasteiger partial charge is 1.00 e. The van der Waals surface area contributed by atoms with E-state index in [4.69, 9.17) is 9.47 Å². The van der Waals surface area contributed by atoms with Gasteiger partial charge in [-0.1, -0.05) is 24.3 Å². The van der Waals surface area contributed by atoms with Crippen LogP contribution in [0.15, 0.2) is 48.6 Å². The predicted molar refractivity (Wildman–Crippen MR) is 130 cm³/mol. The van der Waals surface area contributed by atoms with Crippen molar-refractivity contribution in [3.8, 4) is 11.5 Å². The van der Waals surface area contributed by atoms with Crippen LogP contribution in [-0.4, -0.2) is 71.6 Å². The van der Waals surface area contributed by atoms with Crippen LogP contribution in [0.2, 0.25) is 0 Å². The number of ether oxygens (including phenoxy) is 2. The number of aliphatic hydroxyl groups is 1. The fourth-order valence-corrected chi connectivity index (χ4v) is 5.86. The molecule has 0 fully saturated rings. The van der Waals surface area contributed by atoms with Crippen LogP contribution in [0.25, 0.3) is 0 Å². The molecule has 8 heteroatoms. The van der Waals surface area contributed by atoms with Gasteiger partial charge < -0.3 is 31.6 Å². The number of rotatable bonds is 6. The average Bonchev–Trinajstić information content (AvgIpc) is 3.25. The minimum Gasteiger partial charge on any atom is -1.00 e. The Hall–Kier alpha value is -2.97. The molecule has 3 atom stereocenters. The highest BCUT2D eigenvalue weighted by atomic mass is 79.9. The lowest BCUT2D eigenvalue weighted by atomic mass is 9.69. The molecule has 0 saturated carbocycles. The summed E-state index contributed by atoms with van der Waals surface area (Å²) in [4.78, 5) is 26.4. The van der Waals surface area contributed by atoms with Gasteiger partial charge in [0.15, 0.2) is 17.7 Å². The number of hydrogen-bond donors (Lipinski definition) is 1. The average molecular weight is 553 g/mol. The fraction of sp³-hybridized carbons (Fsp3) is 0.393. The maximum absolute atomic E-state index is 12.5. The molecule has 0 unspecified atom stereocenters. The number of carbonyl (C=O) groups excluding carboxylic acids is 2. The minimum absolute atomic E-state index is 0. The minimum atomic E-state index is -0.500. The Morgan fingerprint density at radius 1 is 1.14 bits per heavy atom. The number of halogens is 1. The summed E-state index contributed by atoms with van der Waals surface area (Å²) >= 11 is 0. The van der Waals surface area contributed by atoms with Crippen molar-refractivity contribution in [2.45, 2.75) is 43.3 Å². The molecular formula is C28H29BrN2O5. The number of benzene rings is 2. The second-order valence-corrected chi connectivity index (χ2v) is 9.89. The number of unbranched alkanes of at least 4 members (excludes halogenated alkanes) is 1. The summed E-state index contributed by atoms with van der Waals surface area (Å²) in [6, 6.07) is 11.0. The second-order valence-electron chi connectivity index (χ2n) is 9.89. The Morgan fingerprint density at radius 2 is 1.89 bits per heavy atom. The molecule has 4 aliphatic rings. The lowest BCUT2D eigenvalue weighted by Crippen LogP contribution is -3.00. The molecule has 2 aromatic rings. The van der Waals surface area contributed by atoms with Crippen molar-refractivity contribution >= 4 is 18.0 Å². The van der Waals surface area contributed by atoms with Gasteiger partial charge >= 0.3 is 0 Å². The normalized spacial score (nSPS) is 25.3. The fourth-order valence-electron chi connectivity index (χ4n) is 5.86. The number of aliphatic hydroxyl groups excluding tert-OH is 1. The highest BCUT2D eigenvalue weighted by molar-refractivity contribution is 6.21. The van der Waals surface area contributed by atoms with Crippen molar-refractivity contribution in [1.29, 1.82) is 0 Å². The molecule has 6 rings (SSSR count). The molecule has 2 amide bonds. The smallest absolute Gasteiger partial charge is 0.261 e. The van der Waals surface area contributed by atoms with Gasteiger partial charge in [-0.25, -0.2) is 4.58 Å². The number of imide groups is 1. The number of carbonyl (C=O) groups is 2. The van der Waals surface area contributed by atoms with E-state index in [-0.39, 0.29) is 40.3 Å². The zero-order valence-corrected chi connectivity index (χ0v) is 21.7. The van der Waals surface area contributed by atoms with Crippen LogP contribution in [0.1, 0.15) is 57.5 Å². The molecule has 0 aromatic heterocycles. The standard InChI is InChI=1S/C28H29N2O5.BrH/c1-29-14-12-28-11-10-19(31)16-23(28)35-25-22(9-8-18(17-29)24(25)28)34-15-5-4-13-30-26(32)20-6-2-3-7-21(20)27(30)33;/h2-3,6-11,17,19,23,31H,4-5,12-16H2,1H3;1H/q+1;/p-1/t19-,23-,28-;/m0./s1. The second kappa shape index (κ2) is 9.48. The van der Waals surface area contributed by atoms with Crippen molar-refractivity contribution in [2.75, 3.05) is 26.7 Å². The zero-order chi connectivity index (χ0) is 24.2. The van der Waals surface area contributed by atoms with E-state index in [2.05, 4.69) is 30.0 Å². The van der Waals surface area contributed by atoms with Crippen LogP contribution in [-0.2, 0) is 5.41 Å². The van der Waals surface area contributed by atoms with E-state index in [0.717, 1.165) is 29.8 Å². The summed E-state index contributed by atoms with van der Waals surface area (Å²) in [7, 11) is 2.08. The van der Waals surface area contributed by atoms with Crippen LogP contribution in [0.3, 0.4) is 0 Å². The summed E-state index contributed by atoms with van der Waals surface area (Å²) in [5.74, 6) is 1.05. The molecule has 7 nitrogen and oxygen atoms in total. The number of nitrogens with zero attached hydrogens (tertiary/aromatic N) is 2. The Balaban J connectivity index is 0.00000267. The molecule has 0 bridgehead atoms. The lowest BCUT2D eigenvalue weighted by Gasteiger charge is -2.34. The van der Waals surface area contributed by atoms with Crippen molar-refractivity contribution in [3.63, 3.8) is 0 Å². The van der Waals surface area contributed by atoms with E-state index < -0.39 is 6.10 Å². The number of hydrogen-bond acceptors (Lipinski definition) is 5. The Morgan fingerprint density at radius 3 is 2.64 bits per heavy atom. The van der Waals surface area contributed by atoms with Crippen LogP contribution in [0.5, 0.6) is 11.5 Å². The van der Waals surface area contributed by atoms with Crippen molar-refractivity contribution in [2.24, 2.45) is 0 Å². The van der Waals surface area contributed by atoms with Crippen LogP contribution < -0.4 is 26.5 Å². The number of amides is 2. The predicted octanol–water partition coefficient (Wildman–Crippen LogP) is -0.0697. The van der Waals surface area contributed by atoms with Gasteiger partial charge in [-0.05, 0) is 37.1 Å². The Kier molecular flexibility index (Phi) is 6.51. The van der Waals surface area contributed by atoms with Crippen LogP contribution >= 0.6 is 0 Å². The number of fused-ring (bicyclic) bond motifs is 1. The Bertz CT molecular complexity index is 1250. The SMILES string of the molecule is C[N+]1=Cc2ccc(OCCCCN3C(=O)c4ccccc4C3=O)c3c2[C@@]2(C=C[C@H](O)C[C@@H]2O3)CC1.[Br-]. The van der Waals surface area contributed by atoms with Crippen molar-refractivity contribution in [1.82, 2.24) is 4.90 Å². The summed E-state index contributed by atoms with van der Waals surface area (Å²) in [5, 5.41) is 10.2. The first kappa shape index (κ1) is 24.7. The van der Waals surface area contributed by atoms with Crippen molar-refractivity contribution in [3.05, 3.63) is 70.8 Å². The van der Waals surface area contributed by atoms with E-state index >= 15 is 0 Å². The summed E-state index contributed by atoms with van der Waals surface area (Å²) < 4.78 is 14.8. The van der Waals surface area contributed by atoms with E-state index in [1.807, 2.05) is 12.1 Å². The summed E-state index contributed by atoms with van der Waals surface area (Å²) in [6.07, 6.45) is 8.42. The molecule has 188 valence electrons. The van der Waals surface area contributed by atoms with Gasteiger partial charge in [0.25, 0.3) is 11.8 Å². The third-order valence-electron chi connectivity index (χ3n) is 7.67. The Labute approximate surface area is 220 Å². The first-order valence-electron chi connectivity index (χ1n) is 12.3. The molecule has 1 spiro atoms. The zero-order valence-electron chi connectivity index (χ0n) is 20.2. The van der Waals surface area contributed by atoms with Gasteiger partial charge in [-0.2, -0.15) is 0 Å². The van der Waals surface area contributed by atoms with Crippen LogP contribution in [0.4, 0.5) is 0 Å². The maximum Gasteiger partial charge on any atom is 0.261 e. The van der Waals surface area contributed by atoms with Gasteiger partial charge in [-0.3, -0.25) is 14.5 Å². The van der Waals surface area contributed by atoms with Crippen LogP contribution in [0, 0.1) is 0 Å².